The molecule has 0 radical (unpaired) electrons. The molecular formula is C16H11NO2S2. The number of nitrogens with one attached hydrogen (secondary N) is 1. The normalized spacial score (nSPS) is 10.1. The summed E-state index contributed by atoms with van der Waals surface area (Å²) in [5, 5.41) is 13.6. The van der Waals surface area contributed by atoms with Crippen LogP contribution in [0.4, 0.5) is 5.69 Å². The number of carbonyl (C=O) groups excluding carboxylic acids is 1. The number of carbonyl (C=O) groups is 1. The lowest BCUT2D eigenvalue weighted by atomic mass is 10.2. The van der Waals surface area contributed by atoms with Gasteiger partial charge in [0.15, 0.2) is 0 Å². The van der Waals surface area contributed by atoms with Crippen LogP contribution >= 0.6 is 22.7 Å². The average Bonchev–Trinajstić information content (AvgIpc) is 3.06. The summed E-state index contributed by atoms with van der Waals surface area (Å²) in [6.07, 6.45) is 0. The van der Waals surface area contributed by atoms with Crippen LogP contribution in [-0.4, -0.2) is 17.6 Å². The van der Waals surface area contributed by atoms with Crippen molar-refractivity contribution >= 4 is 43.7 Å². The fourth-order valence-electron chi connectivity index (χ4n) is 1.89. The Morgan fingerprint density at radius 3 is 2.95 bits per heavy atom. The Hall–Kier alpha value is -2.13. The SMILES string of the molecule is O=C(Nc1cccc(C#CCO)c1)c1cc2sccc2s1. The van der Waals surface area contributed by atoms with Crippen LogP contribution in [0.5, 0.6) is 0 Å². The predicted molar refractivity (Wildman–Crippen MR) is 88.1 cm³/mol. The van der Waals surface area contributed by atoms with Gasteiger partial charge in [-0.3, -0.25) is 4.79 Å². The Labute approximate surface area is 129 Å². The van der Waals surface area contributed by atoms with E-state index in [1.807, 2.05) is 35.7 Å². The third-order valence-corrected chi connectivity index (χ3v) is 4.89. The van der Waals surface area contributed by atoms with Gasteiger partial charge in [-0.1, -0.05) is 17.9 Å². The van der Waals surface area contributed by atoms with Gasteiger partial charge in [0.1, 0.15) is 6.61 Å². The third kappa shape index (κ3) is 3.14. The Balaban J connectivity index is 1.79. The highest BCUT2D eigenvalue weighted by atomic mass is 32.1. The van der Waals surface area contributed by atoms with E-state index in [9.17, 15) is 4.79 Å². The van der Waals surface area contributed by atoms with Gasteiger partial charge in [-0.15, -0.1) is 22.7 Å². The fraction of sp³-hybridized carbons (Fsp3) is 0.0625. The topological polar surface area (TPSA) is 49.3 Å². The molecule has 3 nitrogen and oxygen atoms in total. The Morgan fingerprint density at radius 1 is 1.24 bits per heavy atom. The third-order valence-electron chi connectivity index (χ3n) is 2.80. The minimum Gasteiger partial charge on any atom is -0.384 e. The molecule has 0 saturated carbocycles. The van der Waals surface area contributed by atoms with Gasteiger partial charge in [-0.05, 0) is 35.7 Å². The molecule has 0 saturated heterocycles. The van der Waals surface area contributed by atoms with Crippen LogP contribution in [0.2, 0.25) is 0 Å². The van der Waals surface area contributed by atoms with Crippen molar-refractivity contribution in [1.82, 2.24) is 0 Å². The van der Waals surface area contributed by atoms with E-state index in [2.05, 4.69) is 17.2 Å². The van der Waals surface area contributed by atoms with Gasteiger partial charge in [0.25, 0.3) is 5.91 Å². The number of rotatable bonds is 2. The van der Waals surface area contributed by atoms with Crippen LogP contribution in [0.3, 0.4) is 0 Å². The second-order valence-corrected chi connectivity index (χ2v) is 6.29. The van der Waals surface area contributed by atoms with Crippen molar-refractivity contribution in [2.75, 3.05) is 11.9 Å². The predicted octanol–water partition coefficient (Wildman–Crippen LogP) is 3.56. The van der Waals surface area contributed by atoms with Crippen molar-refractivity contribution in [2.24, 2.45) is 0 Å². The molecule has 0 aliphatic carbocycles. The van der Waals surface area contributed by atoms with Gasteiger partial charge in [-0.2, -0.15) is 0 Å². The summed E-state index contributed by atoms with van der Waals surface area (Å²) in [5.41, 5.74) is 1.45. The Morgan fingerprint density at radius 2 is 2.14 bits per heavy atom. The van der Waals surface area contributed by atoms with Crippen molar-refractivity contribution in [3.05, 3.63) is 52.2 Å². The lowest BCUT2D eigenvalue weighted by Crippen LogP contribution is -2.09. The van der Waals surface area contributed by atoms with E-state index in [1.165, 1.54) is 11.3 Å². The number of thiophene rings is 2. The molecule has 2 heterocycles. The zero-order chi connectivity index (χ0) is 14.7. The van der Waals surface area contributed by atoms with Crippen LogP contribution < -0.4 is 5.32 Å². The van der Waals surface area contributed by atoms with Gasteiger partial charge in [-0.25, -0.2) is 0 Å². The molecule has 3 aromatic rings. The largest absolute Gasteiger partial charge is 0.384 e. The number of hydrogen-bond acceptors (Lipinski definition) is 4. The number of amides is 1. The highest BCUT2D eigenvalue weighted by Gasteiger charge is 2.11. The first-order chi connectivity index (χ1) is 10.3. The summed E-state index contributed by atoms with van der Waals surface area (Å²) in [4.78, 5) is 12.9. The van der Waals surface area contributed by atoms with Crippen molar-refractivity contribution in [3.63, 3.8) is 0 Å². The van der Waals surface area contributed by atoms with E-state index in [4.69, 9.17) is 5.11 Å². The van der Waals surface area contributed by atoms with Gasteiger partial charge in [0.05, 0.1) is 4.88 Å². The van der Waals surface area contributed by atoms with E-state index < -0.39 is 0 Å². The molecular weight excluding hydrogens is 302 g/mol. The summed E-state index contributed by atoms with van der Waals surface area (Å²) >= 11 is 3.12. The number of anilines is 1. The van der Waals surface area contributed by atoms with E-state index in [0.29, 0.717) is 10.6 Å². The van der Waals surface area contributed by atoms with Gasteiger partial charge >= 0.3 is 0 Å². The van der Waals surface area contributed by atoms with Crippen LogP contribution in [0, 0.1) is 11.8 Å². The molecule has 0 aliphatic heterocycles. The molecule has 0 unspecified atom stereocenters. The number of benzene rings is 1. The number of hydrogen-bond donors (Lipinski definition) is 2. The van der Waals surface area contributed by atoms with Crippen molar-refractivity contribution < 1.29 is 9.90 Å². The molecule has 0 atom stereocenters. The van der Waals surface area contributed by atoms with Crippen LogP contribution in [0.25, 0.3) is 9.40 Å². The minimum absolute atomic E-state index is 0.115. The first kappa shape index (κ1) is 13.8. The van der Waals surface area contributed by atoms with Crippen molar-refractivity contribution in [1.29, 1.82) is 0 Å². The molecule has 0 aliphatic rings. The molecule has 0 spiro atoms. The van der Waals surface area contributed by atoms with Gasteiger partial charge in [0, 0.05) is 20.7 Å². The lowest BCUT2D eigenvalue weighted by Gasteiger charge is -2.03. The van der Waals surface area contributed by atoms with E-state index in [1.54, 1.807) is 17.4 Å². The zero-order valence-electron chi connectivity index (χ0n) is 10.9. The monoisotopic (exact) mass is 313 g/mol. The number of fused-ring (bicyclic) bond motifs is 1. The van der Waals surface area contributed by atoms with Crippen molar-refractivity contribution in [3.8, 4) is 11.8 Å². The molecule has 21 heavy (non-hydrogen) atoms. The summed E-state index contributed by atoms with van der Waals surface area (Å²) in [7, 11) is 0. The molecule has 3 rings (SSSR count). The molecule has 1 amide bonds. The number of aliphatic hydroxyl groups excluding tert-OH is 1. The molecule has 2 N–H and O–H groups in total. The number of aliphatic hydroxyl groups is 1. The molecule has 0 bridgehead atoms. The maximum Gasteiger partial charge on any atom is 0.265 e. The summed E-state index contributed by atoms with van der Waals surface area (Å²) in [6.45, 7) is -0.178. The zero-order valence-corrected chi connectivity index (χ0v) is 12.6. The molecule has 104 valence electrons. The average molecular weight is 313 g/mol. The second-order valence-electron chi connectivity index (χ2n) is 4.25. The van der Waals surface area contributed by atoms with E-state index in [-0.39, 0.29) is 12.5 Å². The smallest absolute Gasteiger partial charge is 0.265 e. The van der Waals surface area contributed by atoms with Crippen LogP contribution in [-0.2, 0) is 0 Å². The highest BCUT2D eigenvalue weighted by Crippen LogP contribution is 2.30. The van der Waals surface area contributed by atoms with E-state index in [0.717, 1.165) is 15.0 Å². The first-order valence-corrected chi connectivity index (χ1v) is 7.94. The lowest BCUT2D eigenvalue weighted by molar-refractivity contribution is 0.103. The maximum atomic E-state index is 12.2. The second kappa shape index (κ2) is 6.10. The molecule has 0 fully saturated rings. The van der Waals surface area contributed by atoms with Crippen LogP contribution in [0.15, 0.2) is 41.8 Å². The maximum absolute atomic E-state index is 12.2. The molecule has 2 aromatic heterocycles. The van der Waals surface area contributed by atoms with Gasteiger partial charge < -0.3 is 10.4 Å². The molecule has 1 aromatic carbocycles. The quantitative estimate of drug-likeness (QED) is 0.711. The molecule has 5 heteroatoms. The van der Waals surface area contributed by atoms with Crippen molar-refractivity contribution in [2.45, 2.75) is 0 Å². The minimum atomic E-state index is -0.178. The van der Waals surface area contributed by atoms with Gasteiger partial charge in [0.2, 0.25) is 0 Å². The Bertz CT molecular complexity index is 823. The summed E-state index contributed by atoms with van der Waals surface area (Å²) in [6, 6.07) is 11.2. The summed E-state index contributed by atoms with van der Waals surface area (Å²) in [5.74, 6) is 5.29. The fourth-order valence-corrected chi connectivity index (χ4v) is 3.89. The summed E-state index contributed by atoms with van der Waals surface area (Å²) < 4.78 is 2.26. The van der Waals surface area contributed by atoms with Crippen LogP contribution in [0.1, 0.15) is 15.2 Å². The standard InChI is InChI=1S/C16H11NO2S2/c18-7-2-4-11-3-1-5-12(9-11)17-16(19)15-10-14-13(21-15)6-8-20-14/h1,3,5-6,8-10,18H,7H2,(H,17,19). The Kier molecular flexibility index (Phi) is 4.02. The highest BCUT2D eigenvalue weighted by molar-refractivity contribution is 7.27. The first-order valence-electron chi connectivity index (χ1n) is 6.24. The van der Waals surface area contributed by atoms with E-state index >= 15 is 0 Å².